The molecule has 3 rings (SSSR count). The van der Waals surface area contributed by atoms with E-state index in [0.717, 1.165) is 31.3 Å². The van der Waals surface area contributed by atoms with Crippen LogP contribution in [-0.4, -0.2) is 38.4 Å². The fourth-order valence-corrected chi connectivity index (χ4v) is 4.41. The van der Waals surface area contributed by atoms with Gasteiger partial charge < -0.3 is 14.2 Å². The van der Waals surface area contributed by atoms with Gasteiger partial charge in [0, 0.05) is 5.92 Å². The molecule has 5 nitrogen and oxygen atoms in total. The van der Waals surface area contributed by atoms with Crippen LogP contribution in [-0.2, 0) is 23.8 Å². The minimum Gasteiger partial charge on any atom is -0.468 e. The monoisotopic (exact) mass is 308 g/mol. The highest BCUT2D eigenvalue weighted by atomic mass is 16.7. The van der Waals surface area contributed by atoms with Crippen LogP contribution < -0.4 is 0 Å². The lowest BCUT2D eigenvalue weighted by molar-refractivity contribution is -0.170. The second-order valence-electron chi connectivity index (χ2n) is 6.68. The van der Waals surface area contributed by atoms with Crippen LogP contribution in [0.3, 0.4) is 0 Å². The maximum absolute atomic E-state index is 12.9. The summed E-state index contributed by atoms with van der Waals surface area (Å²) in [4.78, 5) is 25.4. The van der Waals surface area contributed by atoms with Crippen LogP contribution in [0.2, 0.25) is 0 Å². The van der Waals surface area contributed by atoms with Crippen LogP contribution in [0.15, 0.2) is 12.2 Å². The van der Waals surface area contributed by atoms with Crippen LogP contribution >= 0.6 is 0 Å². The minimum absolute atomic E-state index is 0.00597. The number of Topliss-reactive ketones (excluding diaryl/α,β-unsaturated/α-hetero) is 1. The van der Waals surface area contributed by atoms with Gasteiger partial charge in [0.25, 0.3) is 0 Å². The van der Waals surface area contributed by atoms with E-state index in [1.165, 1.54) is 7.11 Å². The molecule has 1 unspecified atom stereocenters. The number of allylic oxidation sites excluding steroid dienone is 1. The Morgan fingerprint density at radius 1 is 1.32 bits per heavy atom. The molecule has 1 aliphatic heterocycles. The Kier molecular flexibility index (Phi) is 4.37. The fraction of sp³-hybridized carbons (Fsp3) is 0.765. The summed E-state index contributed by atoms with van der Waals surface area (Å²) in [6.45, 7) is 5.30. The standard InChI is InChI=1S/C17H24O5/c1-11-9-12-3-4-13(5-6-14-21-7-8-22-14)17(10-11,15(12)18)16(19)20-2/h12-14H,1,3-10H2,2H3/t12-,13?,17+/m1/s1. The van der Waals surface area contributed by atoms with Crippen molar-refractivity contribution in [3.05, 3.63) is 12.2 Å². The molecular formula is C17H24O5. The van der Waals surface area contributed by atoms with Crippen molar-refractivity contribution in [1.29, 1.82) is 0 Å². The summed E-state index contributed by atoms with van der Waals surface area (Å²) in [5, 5.41) is 0. The van der Waals surface area contributed by atoms with Crippen molar-refractivity contribution in [3.8, 4) is 0 Å². The zero-order valence-electron chi connectivity index (χ0n) is 13.1. The van der Waals surface area contributed by atoms with Crippen LogP contribution in [0.1, 0.15) is 38.5 Å². The van der Waals surface area contributed by atoms with Crippen molar-refractivity contribution in [2.45, 2.75) is 44.8 Å². The summed E-state index contributed by atoms with van der Waals surface area (Å²) >= 11 is 0. The molecule has 2 bridgehead atoms. The molecule has 0 aromatic rings. The quantitative estimate of drug-likeness (QED) is 0.453. The third-order valence-electron chi connectivity index (χ3n) is 5.43. The maximum atomic E-state index is 12.9. The molecule has 1 saturated heterocycles. The van der Waals surface area contributed by atoms with Gasteiger partial charge in [0.1, 0.15) is 5.41 Å². The van der Waals surface area contributed by atoms with E-state index in [1.807, 2.05) is 0 Å². The normalized spacial score (nSPS) is 35.7. The smallest absolute Gasteiger partial charge is 0.319 e. The summed E-state index contributed by atoms with van der Waals surface area (Å²) in [6, 6.07) is 0. The number of methoxy groups -OCH3 is 1. The number of esters is 1. The van der Waals surface area contributed by atoms with Crippen LogP contribution in [0, 0.1) is 17.3 Å². The lowest BCUT2D eigenvalue weighted by Gasteiger charge is -2.47. The van der Waals surface area contributed by atoms with Gasteiger partial charge >= 0.3 is 5.97 Å². The van der Waals surface area contributed by atoms with Crippen LogP contribution in [0.4, 0.5) is 0 Å². The number of hydrogen-bond acceptors (Lipinski definition) is 5. The molecule has 1 heterocycles. The molecule has 122 valence electrons. The maximum Gasteiger partial charge on any atom is 0.319 e. The summed E-state index contributed by atoms with van der Waals surface area (Å²) in [5.41, 5.74) is -0.0286. The summed E-state index contributed by atoms with van der Waals surface area (Å²) in [7, 11) is 1.37. The summed E-state index contributed by atoms with van der Waals surface area (Å²) in [5.74, 6) is -0.387. The van der Waals surface area contributed by atoms with E-state index in [0.29, 0.717) is 26.1 Å². The molecule has 0 aromatic heterocycles. The topological polar surface area (TPSA) is 61.8 Å². The number of rotatable bonds is 4. The molecule has 5 heteroatoms. The van der Waals surface area contributed by atoms with Crippen molar-refractivity contribution >= 4 is 11.8 Å². The SMILES string of the molecule is C=C1C[C@H]2CCC(CCC3OCCO3)[C@@](C(=O)OC)(C1)C2=O. The highest BCUT2D eigenvalue weighted by molar-refractivity contribution is 6.07. The van der Waals surface area contributed by atoms with Gasteiger partial charge in [-0.05, 0) is 44.4 Å². The number of hydrogen-bond donors (Lipinski definition) is 0. The molecule has 0 N–H and O–H groups in total. The average Bonchev–Trinajstić information content (AvgIpc) is 3.01. The number of carbonyl (C=O) groups excluding carboxylic acids is 2. The molecule has 2 aliphatic carbocycles. The van der Waals surface area contributed by atoms with E-state index in [-0.39, 0.29) is 29.9 Å². The number of fused-ring (bicyclic) bond motifs is 2. The Morgan fingerprint density at radius 3 is 2.73 bits per heavy atom. The zero-order valence-corrected chi connectivity index (χ0v) is 13.1. The van der Waals surface area contributed by atoms with Crippen molar-refractivity contribution in [1.82, 2.24) is 0 Å². The molecule has 2 saturated carbocycles. The van der Waals surface area contributed by atoms with Crippen molar-refractivity contribution in [2.75, 3.05) is 20.3 Å². The molecule has 3 fully saturated rings. The third kappa shape index (κ3) is 2.50. The number of ether oxygens (including phenoxy) is 3. The van der Waals surface area contributed by atoms with Crippen LogP contribution in [0.25, 0.3) is 0 Å². The molecule has 3 aliphatic rings. The summed E-state index contributed by atoms with van der Waals surface area (Å²) in [6.07, 6.45) is 4.14. The minimum atomic E-state index is -1.02. The highest BCUT2D eigenvalue weighted by Crippen LogP contribution is 2.53. The first kappa shape index (κ1) is 15.7. The Labute approximate surface area is 131 Å². The number of carbonyl (C=O) groups is 2. The Bertz CT molecular complexity index is 479. The van der Waals surface area contributed by atoms with E-state index >= 15 is 0 Å². The van der Waals surface area contributed by atoms with Crippen LogP contribution in [0.5, 0.6) is 0 Å². The molecule has 3 atom stereocenters. The van der Waals surface area contributed by atoms with Crippen molar-refractivity contribution in [2.24, 2.45) is 17.3 Å². The highest BCUT2D eigenvalue weighted by Gasteiger charge is 2.59. The molecule has 0 aromatic carbocycles. The van der Waals surface area contributed by atoms with Gasteiger partial charge in [-0.3, -0.25) is 9.59 Å². The van der Waals surface area contributed by atoms with Gasteiger partial charge in [0.2, 0.25) is 0 Å². The second kappa shape index (κ2) is 6.13. The average molecular weight is 308 g/mol. The van der Waals surface area contributed by atoms with Crippen molar-refractivity contribution < 1.29 is 23.8 Å². The Hall–Kier alpha value is -1.20. The second-order valence-corrected chi connectivity index (χ2v) is 6.68. The van der Waals surface area contributed by atoms with E-state index in [4.69, 9.17) is 14.2 Å². The first-order chi connectivity index (χ1) is 10.6. The van der Waals surface area contributed by atoms with E-state index in [2.05, 4.69) is 6.58 Å². The molecule has 22 heavy (non-hydrogen) atoms. The summed E-state index contributed by atoms with van der Waals surface area (Å²) < 4.78 is 16.0. The van der Waals surface area contributed by atoms with E-state index in [1.54, 1.807) is 0 Å². The first-order valence-electron chi connectivity index (χ1n) is 8.10. The largest absolute Gasteiger partial charge is 0.468 e. The van der Waals surface area contributed by atoms with E-state index in [9.17, 15) is 9.59 Å². The van der Waals surface area contributed by atoms with Crippen molar-refractivity contribution in [3.63, 3.8) is 0 Å². The molecular weight excluding hydrogens is 284 g/mol. The lowest BCUT2D eigenvalue weighted by atomic mass is 9.54. The molecule has 0 spiro atoms. The van der Waals surface area contributed by atoms with E-state index < -0.39 is 5.41 Å². The predicted octanol–water partition coefficient (Wildman–Crippen LogP) is 2.24. The van der Waals surface area contributed by atoms with Gasteiger partial charge in [-0.15, -0.1) is 0 Å². The predicted molar refractivity (Wildman–Crippen MR) is 79.0 cm³/mol. The van der Waals surface area contributed by atoms with Gasteiger partial charge in [-0.1, -0.05) is 12.2 Å². The molecule has 0 radical (unpaired) electrons. The Balaban J connectivity index is 1.81. The van der Waals surface area contributed by atoms with Gasteiger partial charge in [0.05, 0.1) is 20.3 Å². The number of ketones is 1. The van der Waals surface area contributed by atoms with Gasteiger partial charge in [-0.25, -0.2) is 0 Å². The molecule has 0 amide bonds. The lowest BCUT2D eigenvalue weighted by Crippen LogP contribution is -2.55. The first-order valence-corrected chi connectivity index (χ1v) is 8.10. The fourth-order valence-electron chi connectivity index (χ4n) is 4.41. The van der Waals surface area contributed by atoms with Gasteiger partial charge in [0.15, 0.2) is 12.1 Å². The van der Waals surface area contributed by atoms with Gasteiger partial charge in [-0.2, -0.15) is 0 Å². The zero-order chi connectivity index (χ0) is 15.7. The third-order valence-corrected chi connectivity index (χ3v) is 5.43. The Morgan fingerprint density at radius 2 is 2.05 bits per heavy atom.